The van der Waals surface area contributed by atoms with Crippen LogP contribution in [0.1, 0.15) is 57.7 Å². The Morgan fingerprint density at radius 1 is 0.950 bits per heavy atom. The van der Waals surface area contributed by atoms with Gasteiger partial charge in [-0.1, -0.05) is 23.7 Å². The summed E-state index contributed by atoms with van der Waals surface area (Å²) in [5.41, 5.74) is 6.58. The highest BCUT2D eigenvalue weighted by Gasteiger charge is 2.45. The number of alkyl halides is 1. The lowest BCUT2D eigenvalue weighted by atomic mass is 9.72. The second kappa shape index (κ2) is 14.8. The number of benzene rings is 2. The summed E-state index contributed by atoms with van der Waals surface area (Å²) in [5, 5.41) is 13.4. The van der Waals surface area contributed by atoms with E-state index in [1.54, 1.807) is 25.2 Å². The van der Waals surface area contributed by atoms with Crippen molar-refractivity contribution in [1.82, 2.24) is 45.0 Å². The van der Waals surface area contributed by atoms with Crippen molar-refractivity contribution in [2.75, 3.05) is 61.4 Å². The quantitative estimate of drug-likeness (QED) is 0.190. The van der Waals surface area contributed by atoms with Gasteiger partial charge in [-0.2, -0.15) is 0 Å². The third-order valence-corrected chi connectivity index (χ3v) is 12.7. The molecule has 10 rings (SSSR count). The van der Waals surface area contributed by atoms with Gasteiger partial charge < -0.3 is 20.4 Å². The van der Waals surface area contributed by atoms with Crippen molar-refractivity contribution < 1.29 is 23.6 Å². The van der Waals surface area contributed by atoms with Crippen molar-refractivity contribution in [2.24, 2.45) is 5.41 Å². The van der Waals surface area contributed by atoms with Crippen molar-refractivity contribution >= 4 is 63.9 Å². The van der Waals surface area contributed by atoms with Crippen LogP contribution in [0, 0.1) is 5.41 Å². The van der Waals surface area contributed by atoms with Gasteiger partial charge in [0.15, 0.2) is 23.0 Å². The molecule has 7 heterocycles. The molecule has 308 valence electrons. The third-order valence-electron chi connectivity index (χ3n) is 12.4. The Bertz CT molecular complexity index is 2570. The number of halogens is 2. The minimum atomic E-state index is -1.02. The van der Waals surface area contributed by atoms with Gasteiger partial charge in [0.25, 0.3) is 11.8 Å². The van der Waals surface area contributed by atoms with Crippen molar-refractivity contribution in [3.8, 4) is 11.4 Å². The van der Waals surface area contributed by atoms with Gasteiger partial charge >= 0.3 is 6.03 Å². The SMILES string of the molecule is CNc1cc(N2CCc3c(-c4ncc(CN5CC6(CCN(C(=O)c7ccc(Cl)c(N8CCC(=O)NC8=O)c7)CC6)C5)cn4)cccc32)nn2c(C(=O)N[C@@H]3C[C@@H]3F)cnc12. The first-order valence-electron chi connectivity index (χ1n) is 20.2. The van der Waals surface area contributed by atoms with Crippen LogP contribution in [0.2, 0.25) is 5.02 Å². The molecule has 1 spiro atoms. The number of rotatable bonds is 9. The molecule has 3 N–H and O–H groups in total. The number of imidazole rings is 1. The second-order valence-corrected chi connectivity index (χ2v) is 16.8. The molecule has 18 heteroatoms. The van der Waals surface area contributed by atoms with E-state index < -0.39 is 24.2 Å². The van der Waals surface area contributed by atoms with Crippen LogP contribution in [0.3, 0.4) is 0 Å². The van der Waals surface area contributed by atoms with Crippen LogP contribution in [0.15, 0.2) is 61.1 Å². The molecule has 4 fully saturated rings. The molecule has 4 aliphatic heterocycles. The first kappa shape index (κ1) is 38.0. The van der Waals surface area contributed by atoms with E-state index in [-0.39, 0.29) is 35.9 Å². The molecule has 16 nitrogen and oxygen atoms in total. The number of likely N-dealkylation sites (tertiary alicyclic amines) is 2. The van der Waals surface area contributed by atoms with E-state index >= 15 is 0 Å². The Morgan fingerprint density at radius 2 is 1.72 bits per heavy atom. The number of aromatic nitrogens is 5. The topological polar surface area (TPSA) is 173 Å². The molecule has 0 unspecified atom stereocenters. The molecule has 2 atom stereocenters. The van der Waals surface area contributed by atoms with Gasteiger partial charge in [0.2, 0.25) is 5.91 Å². The Kier molecular flexibility index (Phi) is 9.39. The Hall–Kier alpha value is -6.20. The van der Waals surface area contributed by atoms with E-state index in [1.807, 2.05) is 35.5 Å². The van der Waals surface area contributed by atoms with E-state index in [4.69, 9.17) is 26.7 Å². The average molecular weight is 833 g/mol. The van der Waals surface area contributed by atoms with Gasteiger partial charge in [0.05, 0.1) is 28.6 Å². The Balaban J connectivity index is 0.767. The number of piperidine rings is 1. The second-order valence-electron chi connectivity index (χ2n) is 16.4. The van der Waals surface area contributed by atoms with Gasteiger partial charge in [0.1, 0.15) is 6.17 Å². The molecule has 5 aliphatic rings. The number of hydrogen-bond acceptors (Lipinski definition) is 11. The summed E-state index contributed by atoms with van der Waals surface area (Å²) in [6, 6.07) is 11.9. The largest absolute Gasteiger partial charge is 0.385 e. The number of fused-ring (bicyclic) bond motifs is 2. The normalized spacial score (nSPS) is 20.9. The third kappa shape index (κ3) is 6.84. The molecule has 0 bridgehead atoms. The van der Waals surface area contributed by atoms with Crippen molar-refractivity contribution in [3.63, 3.8) is 0 Å². The summed E-state index contributed by atoms with van der Waals surface area (Å²) in [5.74, 6) is 0.453. The number of anilines is 4. The molecule has 5 amide bonds. The summed E-state index contributed by atoms with van der Waals surface area (Å²) in [4.78, 5) is 72.5. The lowest BCUT2D eigenvalue weighted by Gasteiger charge is -2.54. The Morgan fingerprint density at radius 3 is 2.45 bits per heavy atom. The van der Waals surface area contributed by atoms with Crippen molar-refractivity contribution in [1.29, 1.82) is 0 Å². The summed E-state index contributed by atoms with van der Waals surface area (Å²) in [7, 11) is 1.79. The highest BCUT2D eigenvalue weighted by molar-refractivity contribution is 6.34. The first-order chi connectivity index (χ1) is 29.1. The van der Waals surface area contributed by atoms with Crippen molar-refractivity contribution in [2.45, 2.75) is 50.9 Å². The van der Waals surface area contributed by atoms with Gasteiger partial charge in [-0.15, -0.1) is 5.10 Å². The zero-order valence-corrected chi connectivity index (χ0v) is 33.6. The number of amides is 5. The molecule has 3 saturated heterocycles. The summed E-state index contributed by atoms with van der Waals surface area (Å²) >= 11 is 6.41. The maximum atomic E-state index is 13.6. The minimum absolute atomic E-state index is 0.0974. The monoisotopic (exact) mass is 832 g/mol. The van der Waals surface area contributed by atoms with E-state index in [1.165, 1.54) is 15.6 Å². The smallest absolute Gasteiger partial charge is 0.328 e. The zero-order valence-electron chi connectivity index (χ0n) is 32.8. The molecule has 1 saturated carbocycles. The molecule has 3 aromatic heterocycles. The van der Waals surface area contributed by atoms with Crippen LogP contribution >= 0.6 is 11.6 Å². The van der Waals surface area contributed by atoms with E-state index in [2.05, 4.69) is 36.8 Å². The average Bonchev–Trinajstić information content (AvgIpc) is 3.55. The standard InChI is InChI=1S/C42H42ClFN12O4/c1-45-31-17-35(51-56-34(20-48-38(31)56)39(58)49-30-16-29(30)44)54-11-7-26-27(3-2-4-32(26)54)37-46-18-24(19-47-37)21-52-22-42(23-52)9-13-53(14-10-42)40(59)25-5-6-28(43)33(15-25)55-12-8-36(57)50-41(55)60/h2-6,15,17-20,29-30,45H,7-14,16,21-23H2,1H3,(H,49,58)(H,50,57,60)/t29-,30+/m0/s1. The number of carbonyl (C=O) groups is 4. The fraction of sp³-hybridized carbons (Fsp3) is 0.381. The lowest BCUT2D eigenvalue weighted by Crippen LogP contribution is -2.60. The Labute approximate surface area is 349 Å². The number of nitrogens with one attached hydrogen (secondary N) is 3. The van der Waals surface area contributed by atoms with Gasteiger partial charge in [-0.25, -0.2) is 28.7 Å². The molecule has 1 aliphatic carbocycles. The first-order valence-corrected chi connectivity index (χ1v) is 20.6. The van der Waals surface area contributed by atoms with Crippen LogP contribution in [0.5, 0.6) is 0 Å². The minimum Gasteiger partial charge on any atom is -0.385 e. The molecule has 0 radical (unpaired) electrons. The molecular weight excluding hydrogens is 791 g/mol. The van der Waals surface area contributed by atoms with E-state index in [0.717, 1.165) is 61.3 Å². The number of imide groups is 1. The van der Waals surface area contributed by atoms with E-state index in [0.29, 0.717) is 65.3 Å². The zero-order chi connectivity index (χ0) is 41.3. The van der Waals surface area contributed by atoms with Gasteiger partial charge in [-0.05, 0) is 54.5 Å². The maximum Gasteiger partial charge on any atom is 0.328 e. The maximum absolute atomic E-state index is 13.6. The summed E-state index contributed by atoms with van der Waals surface area (Å²) in [6.45, 7) is 4.77. The summed E-state index contributed by atoms with van der Waals surface area (Å²) < 4.78 is 15.1. The summed E-state index contributed by atoms with van der Waals surface area (Å²) in [6.07, 6.45) is 7.30. The predicted molar refractivity (Wildman–Crippen MR) is 221 cm³/mol. The fourth-order valence-electron chi connectivity index (χ4n) is 9.04. The van der Waals surface area contributed by atoms with Crippen LogP contribution in [0.25, 0.3) is 17.0 Å². The van der Waals surface area contributed by atoms with Gasteiger partial charge in [-0.3, -0.25) is 29.5 Å². The number of nitrogens with zero attached hydrogens (tertiary/aromatic N) is 9. The molecular formula is C42H42ClFN12O4. The highest BCUT2D eigenvalue weighted by atomic mass is 35.5. The fourth-order valence-corrected chi connectivity index (χ4v) is 9.26. The van der Waals surface area contributed by atoms with Crippen LogP contribution < -0.4 is 25.8 Å². The van der Waals surface area contributed by atoms with Gasteiger partial charge in [0, 0.05) is 107 Å². The number of urea groups is 1. The molecule has 5 aromatic rings. The predicted octanol–water partition coefficient (Wildman–Crippen LogP) is 4.60. The molecule has 60 heavy (non-hydrogen) atoms. The van der Waals surface area contributed by atoms with Crippen LogP contribution in [0.4, 0.5) is 32.1 Å². The number of hydrogen-bond donors (Lipinski definition) is 3. The van der Waals surface area contributed by atoms with Crippen LogP contribution in [-0.4, -0.2) is 117 Å². The lowest BCUT2D eigenvalue weighted by molar-refractivity contribution is -0.120. The molecule has 2 aromatic carbocycles. The number of carbonyl (C=O) groups excluding carboxylic acids is 4. The van der Waals surface area contributed by atoms with Crippen molar-refractivity contribution in [3.05, 3.63) is 88.5 Å². The van der Waals surface area contributed by atoms with E-state index in [9.17, 15) is 23.6 Å². The highest BCUT2D eigenvalue weighted by Crippen LogP contribution is 2.42. The van der Waals surface area contributed by atoms with Crippen LogP contribution in [-0.2, 0) is 17.8 Å².